The fourth-order valence-corrected chi connectivity index (χ4v) is 5.07. The van der Waals surface area contributed by atoms with Crippen molar-refractivity contribution in [3.63, 3.8) is 0 Å². The van der Waals surface area contributed by atoms with Gasteiger partial charge in [-0.05, 0) is 48.4 Å². The van der Waals surface area contributed by atoms with Crippen molar-refractivity contribution >= 4 is 17.0 Å². The number of aromatic nitrogens is 5. The number of anilines is 1. The first-order valence-corrected chi connectivity index (χ1v) is 11.8. The van der Waals surface area contributed by atoms with E-state index < -0.39 is 6.43 Å². The van der Waals surface area contributed by atoms with Crippen molar-refractivity contribution in [2.24, 2.45) is 5.41 Å². The predicted octanol–water partition coefficient (Wildman–Crippen LogP) is 5.27. The van der Waals surface area contributed by atoms with Crippen LogP contribution in [0.15, 0.2) is 36.8 Å². The molecule has 0 fully saturated rings. The molecule has 0 bridgehead atoms. The van der Waals surface area contributed by atoms with E-state index in [1.165, 1.54) is 5.56 Å². The Morgan fingerprint density at radius 2 is 2.00 bits per heavy atom. The average molecular weight is 477 g/mol. The summed E-state index contributed by atoms with van der Waals surface area (Å²) in [7, 11) is 0. The molecule has 1 aliphatic carbocycles. The normalized spacial score (nSPS) is 17.1. The van der Waals surface area contributed by atoms with Crippen LogP contribution in [0.2, 0.25) is 0 Å². The first-order chi connectivity index (χ1) is 16.9. The Kier molecular flexibility index (Phi) is 5.16. The molecular weight excluding hydrogens is 450 g/mol. The Balaban J connectivity index is 1.34. The van der Waals surface area contributed by atoms with Crippen LogP contribution in [0.4, 0.5) is 14.6 Å². The van der Waals surface area contributed by atoms with Gasteiger partial charge in [0.15, 0.2) is 11.5 Å². The molecule has 0 atom stereocenters. The molecular formula is C26H26F2N6O. The van der Waals surface area contributed by atoms with Crippen molar-refractivity contribution in [2.75, 3.05) is 18.1 Å². The zero-order chi connectivity index (χ0) is 24.2. The quantitative estimate of drug-likeness (QED) is 0.434. The van der Waals surface area contributed by atoms with Crippen LogP contribution in [0.25, 0.3) is 22.3 Å². The van der Waals surface area contributed by atoms with Crippen molar-refractivity contribution in [2.45, 2.75) is 46.1 Å². The van der Waals surface area contributed by atoms with Crippen molar-refractivity contribution in [1.82, 2.24) is 24.9 Å². The SMILES string of the molecule is CC1(C)CCc2ncnc(N3CCOc4ccc(-c5cnc6nc(C(F)F)[nH]c6c5)cc4C3)c2C1. The topological polar surface area (TPSA) is 79.8 Å². The number of imidazole rings is 1. The van der Waals surface area contributed by atoms with Gasteiger partial charge in [0, 0.05) is 35.1 Å². The van der Waals surface area contributed by atoms with Crippen LogP contribution in [0.5, 0.6) is 5.75 Å². The van der Waals surface area contributed by atoms with Gasteiger partial charge in [-0.25, -0.2) is 28.7 Å². The fraction of sp³-hybridized carbons (Fsp3) is 0.385. The highest BCUT2D eigenvalue weighted by Gasteiger charge is 2.30. The molecule has 0 saturated carbocycles. The number of nitrogens with one attached hydrogen (secondary N) is 1. The number of benzene rings is 1. The molecule has 0 amide bonds. The standard InChI is InChI=1S/C26H26F2N6O/c1-26(2)6-5-19-18(11-26)25(31-14-30-19)34-7-8-35-21-4-3-15(9-17(21)13-34)16-10-20-23(29-12-16)33-24(32-20)22(27)28/h3-4,9-10,12,14,22H,5-8,11,13H2,1-2H3,(H,29,32,33). The highest BCUT2D eigenvalue weighted by Crippen LogP contribution is 2.39. The molecule has 2 aliphatic rings. The predicted molar refractivity (Wildman–Crippen MR) is 129 cm³/mol. The third kappa shape index (κ3) is 4.09. The molecule has 0 spiro atoms. The Morgan fingerprint density at radius 1 is 1.11 bits per heavy atom. The highest BCUT2D eigenvalue weighted by atomic mass is 19.3. The van der Waals surface area contributed by atoms with Gasteiger partial charge in [-0.1, -0.05) is 19.9 Å². The summed E-state index contributed by atoms with van der Waals surface area (Å²) < 4.78 is 32.1. The number of aryl methyl sites for hydroxylation is 1. The zero-order valence-corrected chi connectivity index (χ0v) is 19.7. The molecule has 9 heteroatoms. The van der Waals surface area contributed by atoms with Gasteiger partial charge in [0.2, 0.25) is 0 Å². The molecule has 4 aromatic rings. The monoisotopic (exact) mass is 476 g/mol. The summed E-state index contributed by atoms with van der Waals surface area (Å²) in [6.45, 7) is 6.55. The lowest BCUT2D eigenvalue weighted by Gasteiger charge is -2.33. The summed E-state index contributed by atoms with van der Waals surface area (Å²) in [5, 5.41) is 0. The van der Waals surface area contributed by atoms with Crippen molar-refractivity contribution in [3.8, 4) is 16.9 Å². The number of H-pyrrole nitrogens is 1. The van der Waals surface area contributed by atoms with Crippen LogP contribution in [0.3, 0.4) is 0 Å². The van der Waals surface area contributed by atoms with Crippen molar-refractivity contribution in [3.05, 3.63) is 59.4 Å². The summed E-state index contributed by atoms with van der Waals surface area (Å²) in [4.78, 5) is 22.4. The molecule has 4 heterocycles. The smallest absolute Gasteiger partial charge is 0.295 e. The Bertz CT molecular complexity index is 1420. The van der Waals surface area contributed by atoms with E-state index in [-0.39, 0.29) is 16.9 Å². The fourth-order valence-electron chi connectivity index (χ4n) is 5.07. The molecule has 0 unspecified atom stereocenters. The van der Waals surface area contributed by atoms with E-state index in [4.69, 9.17) is 9.72 Å². The maximum atomic E-state index is 13.0. The Hall–Kier alpha value is -3.62. The lowest BCUT2D eigenvalue weighted by molar-refractivity contribution is 0.142. The number of pyridine rings is 1. The van der Waals surface area contributed by atoms with Crippen molar-refractivity contribution in [1.29, 1.82) is 0 Å². The number of alkyl halides is 2. The maximum Gasteiger partial charge on any atom is 0.295 e. The number of ether oxygens (including phenoxy) is 1. The third-order valence-corrected chi connectivity index (χ3v) is 6.94. The summed E-state index contributed by atoms with van der Waals surface area (Å²) in [5.74, 6) is 1.46. The van der Waals surface area contributed by atoms with E-state index in [1.807, 2.05) is 12.1 Å². The van der Waals surface area contributed by atoms with E-state index in [9.17, 15) is 8.78 Å². The van der Waals surface area contributed by atoms with Gasteiger partial charge in [-0.15, -0.1) is 0 Å². The Morgan fingerprint density at radius 3 is 2.86 bits per heavy atom. The minimum atomic E-state index is -2.67. The third-order valence-electron chi connectivity index (χ3n) is 6.94. The summed E-state index contributed by atoms with van der Waals surface area (Å²) in [5.41, 5.74) is 6.18. The Labute approximate surface area is 201 Å². The van der Waals surface area contributed by atoms with Gasteiger partial charge in [0.25, 0.3) is 6.43 Å². The molecule has 1 aliphatic heterocycles. The first kappa shape index (κ1) is 21.9. The number of fused-ring (bicyclic) bond motifs is 3. The molecule has 7 nitrogen and oxygen atoms in total. The number of aromatic amines is 1. The van der Waals surface area contributed by atoms with Gasteiger partial charge in [-0.2, -0.15) is 0 Å². The van der Waals surface area contributed by atoms with Gasteiger partial charge >= 0.3 is 0 Å². The minimum Gasteiger partial charge on any atom is -0.491 e. The number of rotatable bonds is 3. The van der Waals surface area contributed by atoms with Crippen molar-refractivity contribution < 1.29 is 13.5 Å². The summed E-state index contributed by atoms with van der Waals surface area (Å²) in [6.07, 6.45) is 3.73. The van der Waals surface area contributed by atoms with Crippen LogP contribution in [-0.2, 0) is 19.4 Å². The van der Waals surface area contributed by atoms with Gasteiger partial charge in [0.05, 0.1) is 12.1 Å². The van der Waals surface area contributed by atoms with Gasteiger partial charge in [-0.3, -0.25) is 0 Å². The van der Waals surface area contributed by atoms with Crippen LogP contribution >= 0.6 is 0 Å². The van der Waals surface area contributed by atoms with E-state index in [2.05, 4.69) is 44.7 Å². The number of hydrogen-bond acceptors (Lipinski definition) is 6. The molecule has 180 valence electrons. The molecule has 0 saturated heterocycles. The lowest BCUT2D eigenvalue weighted by Crippen LogP contribution is -2.31. The zero-order valence-electron chi connectivity index (χ0n) is 19.7. The van der Waals surface area contributed by atoms with E-state index in [0.29, 0.717) is 18.7 Å². The average Bonchev–Trinajstić information content (AvgIpc) is 3.16. The van der Waals surface area contributed by atoms with Gasteiger partial charge < -0.3 is 14.6 Å². The number of halogens is 2. The van der Waals surface area contributed by atoms with Crippen LogP contribution in [-0.4, -0.2) is 38.1 Å². The molecule has 0 radical (unpaired) electrons. The second-order valence-electron chi connectivity index (χ2n) is 10.1. The van der Waals surface area contributed by atoms with Gasteiger partial charge in [0.1, 0.15) is 24.5 Å². The number of hydrogen-bond donors (Lipinski definition) is 1. The van der Waals surface area contributed by atoms with E-state index in [0.717, 1.165) is 59.8 Å². The summed E-state index contributed by atoms with van der Waals surface area (Å²) >= 11 is 0. The first-order valence-electron chi connectivity index (χ1n) is 11.8. The molecule has 1 N–H and O–H groups in total. The van der Waals surface area contributed by atoms with Crippen LogP contribution in [0, 0.1) is 5.41 Å². The second kappa shape index (κ2) is 8.25. The second-order valence-corrected chi connectivity index (χ2v) is 10.1. The molecule has 3 aromatic heterocycles. The van der Waals surface area contributed by atoms with E-state index >= 15 is 0 Å². The lowest BCUT2D eigenvalue weighted by atomic mass is 9.76. The van der Waals surface area contributed by atoms with E-state index in [1.54, 1.807) is 18.6 Å². The van der Waals surface area contributed by atoms with Crippen LogP contribution in [0.1, 0.15) is 49.3 Å². The summed E-state index contributed by atoms with van der Waals surface area (Å²) in [6, 6.07) is 7.82. The number of nitrogens with zero attached hydrogens (tertiary/aromatic N) is 5. The van der Waals surface area contributed by atoms with Crippen LogP contribution < -0.4 is 9.64 Å². The largest absolute Gasteiger partial charge is 0.491 e. The molecule has 35 heavy (non-hydrogen) atoms. The minimum absolute atomic E-state index is 0.225. The molecule has 1 aromatic carbocycles. The molecule has 6 rings (SSSR count). The maximum absolute atomic E-state index is 13.0. The highest BCUT2D eigenvalue weighted by molar-refractivity contribution is 5.78.